The van der Waals surface area contributed by atoms with E-state index in [4.69, 9.17) is 4.55 Å². The molecule has 0 aromatic carbocycles. The predicted octanol–water partition coefficient (Wildman–Crippen LogP) is -1.10. The van der Waals surface area contributed by atoms with Crippen LogP contribution in [0.25, 0.3) is 0 Å². The van der Waals surface area contributed by atoms with Gasteiger partial charge in [0, 0.05) is 0 Å². The Kier molecular flexibility index (Phi) is 11.1. The number of rotatable bonds is 6. The third kappa shape index (κ3) is 11.3. The van der Waals surface area contributed by atoms with Crippen LogP contribution in [0.3, 0.4) is 0 Å². The number of hydrogen-bond donors (Lipinski definition) is 1. The summed E-state index contributed by atoms with van der Waals surface area (Å²) in [5.74, 6) is -0.0775. The topological polar surface area (TPSA) is 54.4 Å². The zero-order valence-corrected chi connectivity index (χ0v) is 12.4. The first kappa shape index (κ1) is 16.8. The molecular weight excluding hydrogens is 218 g/mol. The van der Waals surface area contributed by atoms with Gasteiger partial charge in [0.2, 0.25) is 0 Å². The van der Waals surface area contributed by atoms with Crippen LogP contribution in [-0.2, 0) is 10.1 Å². The standard InChI is InChI=1S/C7H17O3PS.Na.H/c1-3-11(4-2)6-5-7-12(8,9)10;;/h3-7H2,1-2H3,(H,8,9,10);;/q;+1;-1. The smallest absolute Gasteiger partial charge is 1.00 e. The minimum absolute atomic E-state index is 0. The normalized spacial score (nSPS) is 11.4. The van der Waals surface area contributed by atoms with Crippen LogP contribution in [-0.4, -0.2) is 37.2 Å². The van der Waals surface area contributed by atoms with E-state index in [-0.39, 0.29) is 44.7 Å². The summed E-state index contributed by atoms with van der Waals surface area (Å²) >= 11 is 0. The van der Waals surface area contributed by atoms with E-state index in [0.29, 0.717) is 6.42 Å². The van der Waals surface area contributed by atoms with Crippen LogP contribution < -0.4 is 29.6 Å². The molecule has 0 aliphatic rings. The largest absolute Gasteiger partial charge is 1.00 e. The van der Waals surface area contributed by atoms with Gasteiger partial charge in [0.25, 0.3) is 10.1 Å². The van der Waals surface area contributed by atoms with Crippen LogP contribution >= 0.6 is 7.92 Å². The fourth-order valence-corrected chi connectivity index (χ4v) is 3.42. The summed E-state index contributed by atoms with van der Waals surface area (Å²) in [4.78, 5) is 0. The molecule has 0 rings (SSSR count). The van der Waals surface area contributed by atoms with Crippen molar-refractivity contribution in [3.63, 3.8) is 0 Å². The fraction of sp³-hybridized carbons (Fsp3) is 1.00. The van der Waals surface area contributed by atoms with Crippen LogP contribution in [0, 0.1) is 0 Å². The van der Waals surface area contributed by atoms with E-state index in [1.807, 2.05) is 0 Å². The van der Waals surface area contributed by atoms with Crippen molar-refractivity contribution in [2.45, 2.75) is 20.3 Å². The molecule has 0 aromatic rings. The van der Waals surface area contributed by atoms with Crippen molar-refractivity contribution in [2.24, 2.45) is 0 Å². The molecule has 3 nitrogen and oxygen atoms in total. The van der Waals surface area contributed by atoms with Crippen LogP contribution in [0.5, 0.6) is 0 Å². The second-order valence-electron chi connectivity index (χ2n) is 2.67. The van der Waals surface area contributed by atoms with Gasteiger partial charge >= 0.3 is 29.6 Å². The van der Waals surface area contributed by atoms with E-state index in [0.717, 1.165) is 18.5 Å². The van der Waals surface area contributed by atoms with Gasteiger partial charge in [0.05, 0.1) is 5.75 Å². The SMILES string of the molecule is CCP(CC)CCCS(=O)(=O)O.[H-].[Na+]. The first-order valence-corrected chi connectivity index (χ1v) is 7.67. The quantitative estimate of drug-likeness (QED) is 0.362. The summed E-state index contributed by atoms with van der Waals surface area (Å²) in [7, 11) is -3.71. The second kappa shape index (κ2) is 8.63. The summed E-state index contributed by atoms with van der Waals surface area (Å²) < 4.78 is 29.2. The summed E-state index contributed by atoms with van der Waals surface area (Å²) in [5.41, 5.74) is 0. The van der Waals surface area contributed by atoms with Crippen molar-refractivity contribution in [1.29, 1.82) is 0 Å². The molecule has 0 fully saturated rings. The minimum atomic E-state index is -3.73. The molecule has 0 aromatic heterocycles. The van der Waals surface area contributed by atoms with Crippen molar-refractivity contribution in [2.75, 3.05) is 24.2 Å². The third-order valence-electron chi connectivity index (χ3n) is 1.77. The Morgan fingerprint density at radius 2 is 1.77 bits per heavy atom. The Morgan fingerprint density at radius 3 is 2.08 bits per heavy atom. The van der Waals surface area contributed by atoms with Crippen LogP contribution in [0.1, 0.15) is 21.7 Å². The van der Waals surface area contributed by atoms with E-state index in [2.05, 4.69) is 13.8 Å². The first-order chi connectivity index (χ1) is 5.49. The Labute approximate surface area is 106 Å². The molecule has 0 amide bonds. The maximum Gasteiger partial charge on any atom is 1.00 e. The van der Waals surface area contributed by atoms with Gasteiger partial charge in [-0.05, 0) is 24.9 Å². The zero-order chi connectivity index (χ0) is 9.61. The molecule has 0 bridgehead atoms. The van der Waals surface area contributed by atoms with Crippen molar-refractivity contribution < 1.29 is 44.0 Å². The van der Waals surface area contributed by atoms with Gasteiger partial charge < -0.3 is 1.43 Å². The summed E-state index contributed by atoms with van der Waals surface area (Å²) in [5, 5.41) is 0. The molecule has 0 unspecified atom stereocenters. The molecule has 0 saturated heterocycles. The Balaban J connectivity index is -0.000000605. The van der Waals surface area contributed by atoms with Crippen molar-refractivity contribution in [1.82, 2.24) is 0 Å². The minimum Gasteiger partial charge on any atom is -1.00 e. The zero-order valence-electron chi connectivity index (χ0n) is 9.65. The second-order valence-corrected chi connectivity index (χ2v) is 7.29. The maximum atomic E-state index is 10.4. The van der Waals surface area contributed by atoms with E-state index in [1.54, 1.807) is 0 Å². The Hall–Kier alpha value is 1.34. The molecule has 0 atom stereocenters. The van der Waals surface area contributed by atoms with Crippen LogP contribution in [0.2, 0.25) is 0 Å². The molecule has 13 heavy (non-hydrogen) atoms. The molecule has 0 radical (unpaired) electrons. The molecule has 0 aliphatic heterocycles. The molecule has 0 heterocycles. The molecule has 6 heteroatoms. The van der Waals surface area contributed by atoms with Gasteiger partial charge in [-0.1, -0.05) is 13.8 Å². The van der Waals surface area contributed by atoms with Gasteiger partial charge in [-0.2, -0.15) is 8.42 Å². The van der Waals surface area contributed by atoms with Crippen LogP contribution in [0.15, 0.2) is 0 Å². The van der Waals surface area contributed by atoms with E-state index in [9.17, 15) is 8.42 Å². The first-order valence-electron chi connectivity index (χ1n) is 4.17. The molecule has 76 valence electrons. The average Bonchev–Trinajstić information content (AvgIpc) is 1.96. The predicted molar refractivity (Wildman–Crippen MR) is 55.0 cm³/mol. The van der Waals surface area contributed by atoms with Crippen molar-refractivity contribution in [3.05, 3.63) is 0 Å². The fourth-order valence-electron chi connectivity index (χ4n) is 1.01. The maximum absolute atomic E-state index is 10.4. The van der Waals surface area contributed by atoms with Crippen molar-refractivity contribution in [3.8, 4) is 0 Å². The molecule has 0 aliphatic carbocycles. The third-order valence-corrected chi connectivity index (χ3v) is 5.31. The van der Waals surface area contributed by atoms with Crippen LogP contribution in [0.4, 0.5) is 0 Å². The summed E-state index contributed by atoms with van der Waals surface area (Å²) in [6.07, 6.45) is 3.86. The van der Waals surface area contributed by atoms with Gasteiger partial charge in [0.15, 0.2) is 0 Å². The molecule has 0 saturated carbocycles. The Bertz CT molecular complexity index is 207. The summed E-state index contributed by atoms with van der Waals surface area (Å²) in [6, 6.07) is 0. The van der Waals surface area contributed by atoms with E-state index in [1.165, 1.54) is 0 Å². The van der Waals surface area contributed by atoms with E-state index < -0.39 is 10.1 Å². The van der Waals surface area contributed by atoms with Gasteiger partial charge in [-0.25, -0.2) is 0 Å². The number of hydrogen-bond acceptors (Lipinski definition) is 2. The Morgan fingerprint density at radius 1 is 1.31 bits per heavy atom. The molecular formula is C7H18NaO3PS. The average molecular weight is 236 g/mol. The van der Waals surface area contributed by atoms with Crippen molar-refractivity contribution >= 4 is 18.0 Å². The van der Waals surface area contributed by atoms with Gasteiger partial charge in [0.1, 0.15) is 0 Å². The molecule has 0 spiro atoms. The molecule has 1 N–H and O–H groups in total. The van der Waals surface area contributed by atoms with Gasteiger partial charge in [-0.15, -0.1) is 7.92 Å². The monoisotopic (exact) mass is 236 g/mol. The summed E-state index contributed by atoms with van der Waals surface area (Å²) in [6.45, 7) is 4.26. The van der Waals surface area contributed by atoms with Gasteiger partial charge in [-0.3, -0.25) is 4.55 Å². The van der Waals surface area contributed by atoms with E-state index >= 15 is 0 Å².